The van der Waals surface area contributed by atoms with Gasteiger partial charge in [0.15, 0.2) is 6.61 Å². The van der Waals surface area contributed by atoms with E-state index in [0.29, 0.717) is 22.7 Å². The van der Waals surface area contributed by atoms with Crippen LogP contribution in [0.4, 0.5) is 12.0 Å². The van der Waals surface area contributed by atoms with Crippen LogP contribution in [0.5, 0.6) is 11.5 Å². The largest absolute Gasteiger partial charge is 0.507 e. The summed E-state index contributed by atoms with van der Waals surface area (Å²) in [5.74, 6) is 0.216. The fourth-order valence-electron chi connectivity index (χ4n) is 4.17. The van der Waals surface area contributed by atoms with Gasteiger partial charge in [0.2, 0.25) is 0 Å². The molecule has 6 aromatic rings. The molecule has 0 aliphatic rings. The van der Waals surface area contributed by atoms with Gasteiger partial charge in [-0.05, 0) is 33.7 Å². The summed E-state index contributed by atoms with van der Waals surface area (Å²) in [6, 6.07) is 22.9. The Hall–Kier alpha value is -5.51. The molecule has 0 saturated carbocycles. The molecule has 0 saturated heterocycles. The Balaban J connectivity index is 0.000000163. The average Bonchev–Trinajstić information content (AvgIpc) is 3.59. The average molecular weight is 525 g/mol. The van der Waals surface area contributed by atoms with Crippen LogP contribution in [0.3, 0.4) is 0 Å². The van der Waals surface area contributed by atoms with E-state index in [0.717, 1.165) is 27.1 Å². The van der Waals surface area contributed by atoms with Gasteiger partial charge in [-0.25, -0.2) is 4.79 Å². The van der Waals surface area contributed by atoms with Crippen LogP contribution in [0.25, 0.3) is 44.1 Å². The second-order valence-electron chi connectivity index (χ2n) is 8.35. The number of nitrogens with two attached hydrogens (primary N) is 2. The summed E-state index contributed by atoms with van der Waals surface area (Å²) >= 11 is 0. The van der Waals surface area contributed by atoms with Crippen LogP contribution in [0, 0.1) is 0 Å². The number of benzene rings is 4. The van der Waals surface area contributed by atoms with E-state index in [2.05, 4.69) is 14.7 Å². The van der Waals surface area contributed by atoms with Crippen LogP contribution in [-0.4, -0.2) is 34.8 Å². The summed E-state index contributed by atoms with van der Waals surface area (Å²) < 4.78 is 20.2. The van der Waals surface area contributed by atoms with Crippen molar-refractivity contribution in [1.29, 1.82) is 0 Å². The highest BCUT2D eigenvalue weighted by Crippen LogP contribution is 2.37. The van der Waals surface area contributed by atoms with Crippen molar-refractivity contribution in [2.24, 2.45) is 0 Å². The molecular formula is C29H24N4O6. The molecule has 0 unspecified atom stereocenters. The second-order valence-corrected chi connectivity index (χ2v) is 8.35. The first-order valence-electron chi connectivity index (χ1n) is 11.8. The van der Waals surface area contributed by atoms with Crippen LogP contribution >= 0.6 is 0 Å². The number of aromatic nitrogens is 2. The van der Waals surface area contributed by atoms with E-state index in [9.17, 15) is 9.90 Å². The van der Waals surface area contributed by atoms with Crippen molar-refractivity contribution in [3.05, 3.63) is 85.3 Å². The molecule has 5 N–H and O–H groups in total. The minimum absolute atomic E-state index is 0.0712. The quantitative estimate of drug-likeness (QED) is 0.249. The first-order chi connectivity index (χ1) is 18.9. The molecule has 0 atom stereocenters. The van der Waals surface area contributed by atoms with E-state index in [4.69, 9.17) is 25.0 Å². The number of nitrogens with zero attached hydrogens (tertiary/aromatic N) is 2. The number of fused-ring (bicyclic) bond motifs is 2. The van der Waals surface area contributed by atoms with E-state index in [1.165, 1.54) is 19.6 Å². The number of phenols is 1. The lowest BCUT2D eigenvalue weighted by Gasteiger charge is -2.12. The van der Waals surface area contributed by atoms with Crippen molar-refractivity contribution < 1.29 is 28.2 Å². The van der Waals surface area contributed by atoms with Gasteiger partial charge in [-0.3, -0.25) is 0 Å². The maximum atomic E-state index is 11.3. The number of carbonyl (C=O) groups is 1. The molecule has 0 amide bonds. The van der Waals surface area contributed by atoms with Crippen LogP contribution in [0.15, 0.2) is 94.2 Å². The molecule has 0 fully saturated rings. The molecule has 10 nitrogen and oxygen atoms in total. The van der Waals surface area contributed by atoms with Crippen LogP contribution in [0.1, 0.15) is 0 Å². The van der Waals surface area contributed by atoms with E-state index in [1.54, 1.807) is 12.1 Å². The third-order valence-corrected chi connectivity index (χ3v) is 5.93. The van der Waals surface area contributed by atoms with Gasteiger partial charge in [0, 0.05) is 0 Å². The van der Waals surface area contributed by atoms with Crippen molar-refractivity contribution in [2.75, 3.05) is 25.2 Å². The predicted octanol–water partition coefficient (Wildman–Crippen LogP) is 5.41. The number of aromatic hydroxyl groups is 1. The van der Waals surface area contributed by atoms with Gasteiger partial charge in [0.1, 0.15) is 35.4 Å². The summed E-state index contributed by atoms with van der Waals surface area (Å²) in [7, 11) is 1.31. The first kappa shape index (κ1) is 25.2. The molecule has 0 spiro atoms. The normalized spacial score (nSPS) is 10.7. The van der Waals surface area contributed by atoms with Gasteiger partial charge >= 0.3 is 5.97 Å². The third-order valence-electron chi connectivity index (χ3n) is 5.93. The number of rotatable bonds is 5. The second kappa shape index (κ2) is 10.9. The van der Waals surface area contributed by atoms with Crippen molar-refractivity contribution in [3.63, 3.8) is 0 Å². The summed E-state index contributed by atoms with van der Waals surface area (Å²) in [5, 5.41) is 13.8. The molecular weight excluding hydrogens is 500 g/mol. The zero-order valence-corrected chi connectivity index (χ0v) is 20.8. The molecule has 0 bridgehead atoms. The Morgan fingerprint density at radius 1 is 0.795 bits per heavy atom. The number of hydrogen-bond acceptors (Lipinski definition) is 10. The fraction of sp³-hybridized carbons (Fsp3) is 0.0690. The smallest absolute Gasteiger partial charge is 0.343 e. The number of methoxy groups -OCH3 is 1. The summed E-state index contributed by atoms with van der Waals surface area (Å²) in [4.78, 5) is 19.5. The Morgan fingerprint density at radius 3 is 1.90 bits per heavy atom. The lowest BCUT2D eigenvalue weighted by atomic mass is 10.0. The summed E-state index contributed by atoms with van der Waals surface area (Å²) in [6.07, 6.45) is 2.90. The van der Waals surface area contributed by atoms with E-state index in [1.807, 2.05) is 60.7 Å². The zero-order valence-electron chi connectivity index (χ0n) is 20.8. The van der Waals surface area contributed by atoms with Crippen molar-refractivity contribution >= 4 is 39.5 Å². The number of phenolic OH excluding ortho intramolecular Hbond substituents is 1. The first-order valence-corrected chi connectivity index (χ1v) is 11.8. The maximum Gasteiger partial charge on any atom is 0.343 e. The van der Waals surface area contributed by atoms with E-state index < -0.39 is 5.97 Å². The number of anilines is 2. The van der Waals surface area contributed by atoms with Crippen molar-refractivity contribution in [1.82, 2.24) is 9.97 Å². The molecule has 2 aromatic heterocycles. The Bertz CT molecular complexity index is 1770. The number of hydrogen-bond donors (Lipinski definition) is 3. The van der Waals surface area contributed by atoms with Crippen molar-refractivity contribution in [2.45, 2.75) is 0 Å². The molecule has 0 aliphatic heterocycles. The summed E-state index contributed by atoms with van der Waals surface area (Å²) in [5.41, 5.74) is 13.5. The lowest BCUT2D eigenvalue weighted by Crippen LogP contribution is -2.13. The number of carbonyl (C=O) groups excluding carboxylic acids is 1. The highest BCUT2D eigenvalue weighted by atomic mass is 16.6. The Kier molecular flexibility index (Phi) is 7.00. The Labute approximate surface area is 222 Å². The number of oxazole rings is 2. The molecule has 0 radical (unpaired) electrons. The molecule has 39 heavy (non-hydrogen) atoms. The molecule has 6 rings (SSSR count). The standard InChI is InChI=1S/C16H14N2O4.C13H10N2O2/c1-20-14(19)9-21-13-7-6-10-4-2-3-5-11(10)15(13)12-8-22-16(17)18-12;14-13-15-10(7-17-13)12-9-4-2-1-3-8(9)5-6-11(12)16/h2-8H,9H2,1H3,(H2,17,18);1-7,16H,(H2,14,15). The van der Waals surface area contributed by atoms with Crippen LogP contribution in [0.2, 0.25) is 0 Å². The predicted molar refractivity (Wildman–Crippen MR) is 147 cm³/mol. The monoisotopic (exact) mass is 524 g/mol. The SMILES string of the molecule is COC(=O)COc1ccc2ccccc2c1-c1coc(N)n1.Nc1nc(-c2c(O)ccc3ccccc23)co1. The zero-order chi connectivity index (χ0) is 27.4. The Morgan fingerprint density at radius 2 is 1.33 bits per heavy atom. The fourth-order valence-corrected chi connectivity index (χ4v) is 4.17. The number of ether oxygens (including phenoxy) is 2. The van der Waals surface area contributed by atoms with Gasteiger partial charge < -0.3 is 34.9 Å². The minimum Gasteiger partial charge on any atom is -0.507 e. The third kappa shape index (κ3) is 5.30. The lowest BCUT2D eigenvalue weighted by molar-refractivity contribution is -0.142. The van der Waals surface area contributed by atoms with Gasteiger partial charge in [-0.1, -0.05) is 60.7 Å². The molecule has 10 heteroatoms. The van der Waals surface area contributed by atoms with Crippen LogP contribution in [-0.2, 0) is 9.53 Å². The highest BCUT2D eigenvalue weighted by Gasteiger charge is 2.16. The minimum atomic E-state index is -0.459. The number of esters is 1. The van der Waals surface area contributed by atoms with Crippen LogP contribution < -0.4 is 16.2 Å². The highest BCUT2D eigenvalue weighted by molar-refractivity contribution is 5.99. The van der Waals surface area contributed by atoms with Gasteiger partial charge in [0.05, 0.1) is 18.2 Å². The molecule has 2 heterocycles. The van der Waals surface area contributed by atoms with Gasteiger partial charge in [-0.2, -0.15) is 9.97 Å². The van der Waals surface area contributed by atoms with Gasteiger partial charge in [0.25, 0.3) is 12.0 Å². The topological polar surface area (TPSA) is 160 Å². The molecule has 4 aromatic carbocycles. The molecule has 196 valence electrons. The van der Waals surface area contributed by atoms with Gasteiger partial charge in [-0.15, -0.1) is 0 Å². The van der Waals surface area contributed by atoms with E-state index in [-0.39, 0.29) is 24.4 Å². The maximum absolute atomic E-state index is 11.3. The van der Waals surface area contributed by atoms with E-state index >= 15 is 0 Å². The summed E-state index contributed by atoms with van der Waals surface area (Å²) in [6.45, 7) is -0.185. The molecule has 0 aliphatic carbocycles. The number of nitrogen functional groups attached to an aromatic ring is 2. The van der Waals surface area contributed by atoms with Crippen molar-refractivity contribution in [3.8, 4) is 34.0 Å².